The van der Waals surface area contributed by atoms with E-state index in [-0.39, 0.29) is 5.91 Å². The second kappa shape index (κ2) is 8.20. The van der Waals surface area contributed by atoms with Gasteiger partial charge < -0.3 is 10.2 Å². The molecule has 5 heteroatoms. The number of hydrogen-bond acceptors (Lipinski definition) is 4. The normalized spacial score (nSPS) is 17.0. The summed E-state index contributed by atoms with van der Waals surface area (Å²) < 4.78 is 0. The highest BCUT2D eigenvalue weighted by molar-refractivity contribution is 8.00. The Balaban J connectivity index is 1.41. The standard InChI is InChI=1S/C19H23N3OS/c1-15-4-2-3-5-18(15)22-11-8-16(13-22)12-21-19(23)14-24-17-6-9-20-10-7-17/h2-7,9-10,16H,8,11-14H2,1H3,(H,21,23)/t16-/m0/s1. The van der Waals surface area contributed by atoms with E-state index in [2.05, 4.69) is 46.4 Å². The molecule has 1 saturated heterocycles. The Labute approximate surface area is 147 Å². The second-order valence-corrected chi connectivity index (χ2v) is 7.21. The van der Waals surface area contributed by atoms with Crippen molar-refractivity contribution < 1.29 is 4.79 Å². The maximum absolute atomic E-state index is 12.0. The summed E-state index contributed by atoms with van der Waals surface area (Å²) in [5, 5.41) is 3.08. The molecule has 0 radical (unpaired) electrons. The number of hydrogen-bond donors (Lipinski definition) is 1. The molecule has 1 aromatic heterocycles. The number of pyridine rings is 1. The first-order valence-corrected chi connectivity index (χ1v) is 9.31. The molecule has 3 rings (SSSR count). The highest BCUT2D eigenvalue weighted by Gasteiger charge is 2.23. The van der Waals surface area contributed by atoms with Gasteiger partial charge in [-0.15, -0.1) is 11.8 Å². The van der Waals surface area contributed by atoms with Crippen molar-refractivity contribution in [3.05, 3.63) is 54.4 Å². The minimum Gasteiger partial charge on any atom is -0.371 e. The van der Waals surface area contributed by atoms with Crippen LogP contribution in [-0.2, 0) is 4.79 Å². The van der Waals surface area contributed by atoms with E-state index in [0.29, 0.717) is 11.7 Å². The zero-order chi connectivity index (χ0) is 16.8. The Kier molecular flexibility index (Phi) is 5.75. The number of aromatic nitrogens is 1. The van der Waals surface area contributed by atoms with Gasteiger partial charge in [-0.2, -0.15) is 0 Å². The zero-order valence-corrected chi connectivity index (χ0v) is 14.8. The maximum Gasteiger partial charge on any atom is 0.230 e. The first-order chi connectivity index (χ1) is 11.7. The average Bonchev–Trinajstić information content (AvgIpc) is 3.08. The third-order valence-corrected chi connectivity index (χ3v) is 5.36. The summed E-state index contributed by atoms with van der Waals surface area (Å²) in [6, 6.07) is 12.4. The van der Waals surface area contributed by atoms with Crippen LogP contribution in [0.2, 0.25) is 0 Å². The Morgan fingerprint density at radius 1 is 1.29 bits per heavy atom. The van der Waals surface area contributed by atoms with Gasteiger partial charge in [0.25, 0.3) is 0 Å². The summed E-state index contributed by atoms with van der Waals surface area (Å²) in [5.41, 5.74) is 2.63. The fourth-order valence-electron chi connectivity index (χ4n) is 3.03. The van der Waals surface area contributed by atoms with E-state index in [9.17, 15) is 4.79 Å². The van der Waals surface area contributed by atoms with Crippen LogP contribution in [0.25, 0.3) is 0 Å². The van der Waals surface area contributed by atoms with E-state index in [1.54, 1.807) is 24.2 Å². The number of anilines is 1. The van der Waals surface area contributed by atoms with Gasteiger partial charge >= 0.3 is 0 Å². The lowest BCUT2D eigenvalue weighted by atomic mass is 10.1. The fourth-order valence-corrected chi connectivity index (χ4v) is 3.74. The highest BCUT2D eigenvalue weighted by Crippen LogP contribution is 2.26. The lowest BCUT2D eigenvalue weighted by molar-refractivity contribution is -0.118. The molecule has 24 heavy (non-hydrogen) atoms. The molecule has 2 heterocycles. The van der Waals surface area contributed by atoms with E-state index >= 15 is 0 Å². The van der Waals surface area contributed by atoms with Crippen molar-refractivity contribution in [3.63, 3.8) is 0 Å². The van der Waals surface area contributed by atoms with Crippen LogP contribution in [-0.4, -0.2) is 36.3 Å². The van der Waals surface area contributed by atoms with E-state index in [1.165, 1.54) is 11.3 Å². The van der Waals surface area contributed by atoms with Gasteiger partial charge in [0.2, 0.25) is 5.91 Å². The first-order valence-electron chi connectivity index (χ1n) is 8.32. The van der Waals surface area contributed by atoms with Gasteiger partial charge in [-0.3, -0.25) is 9.78 Å². The van der Waals surface area contributed by atoms with Crippen LogP contribution in [0, 0.1) is 12.8 Å². The van der Waals surface area contributed by atoms with Gasteiger partial charge in [-0.1, -0.05) is 18.2 Å². The number of para-hydroxylation sites is 1. The van der Waals surface area contributed by atoms with Crippen molar-refractivity contribution in [2.75, 3.05) is 30.3 Å². The van der Waals surface area contributed by atoms with Crippen LogP contribution in [0.15, 0.2) is 53.7 Å². The maximum atomic E-state index is 12.0. The topological polar surface area (TPSA) is 45.2 Å². The number of rotatable bonds is 6. The van der Waals surface area contributed by atoms with Gasteiger partial charge in [-0.25, -0.2) is 0 Å². The van der Waals surface area contributed by atoms with Crippen molar-refractivity contribution >= 4 is 23.4 Å². The number of benzene rings is 1. The van der Waals surface area contributed by atoms with Gasteiger partial charge in [0, 0.05) is 42.6 Å². The highest BCUT2D eigenvalue weighted by atomic mass is 32.2. The summed E-state index contributed by atoms with van der Waals surface area (Å²) in [7, 11) is 0. The SMILES string of the molecule is Cc1ccccc1N1CC[C@@H](CNC(=O)CSc2ccncc2)C1. The zero-order valence-electron chi connectivity index (χ0n) is 13.9. The number of carbonyl (C=O) groups excluding carboxylic acids is 1. The molecule has 1 aliphatic rings. The molecule has 1 aliphatic heterocycles. The van der Waals surface area contributed by atoms with Crippen LogP contribution in [0.1, 0.15) is 12.0 Å². The van der Waals surface area contributed by atoms with Gasteiger partial charge in [0.1, 0.15) is 0 Å². The molecular weight excluding hydrogens is 318 g/mol. The largest absolute Gasteiger partial charge is 0.371 e. The van der Waals surface area contributed by atoms with Crippen molar-refractivity contribution in [1.82, 2.24) is 10.3 Å². The van der Waals surface area contributed by atoms with E-state index in [4.69, 9.17) is 0 Å². The molecule has 2 aromatic rings. The molecule has 126 valence electrons. The monoisotopic (exact) mass is 341 g/mol. The molecule has 0 unspecified atom stereocenters. The third kappa shape index (κ3) is 4.51. The van der Waals surface area contributed by atoms with Crippen LogP contribution in [0.3, 0.4) is 0 Å². The van der Waals surface area contributed by atoms with E-state index in [0.717, 1.165) is 31.0 Å². The van der Waals surface area contributed by atoms with Crippen LogP contribution in [0.5, 0.6) is 0 Å². The summed E-state index contributed by atoms with van der Waals surface area (Å²) >= 11 is 1.55. The molecule has 0 saturated carbocycles. The molecule has 1 aromatic carbocycles. The first kappa shape index (κ1) is 16.8. The summed E-state index contributed by atoms with van der Waals surface area (Å²) in [6.07, 6.45) is 4.63. The number of nitrogens with one attached hydrogen (secondary N) is 1. The molecule has 0 bridgehead atoms. The number of amides is 1. The summed E-state index contributed by atoms with van der Waals surface area (Å²) in [6.45, 7) is 5.00. The van der Waals surface area contributed by atoms with Gasteiger partial charge in [0.05, 0.1) is 5.75 Å². The summed E-state index contributed by atoms with van der Waals surface area (Å²) in [5.74, 6) is 1.09. The van der Waals surface area contributed by atoms with E-state index in [1.807, 2.05) is 12.1 Å². The Morgan fingerprint density at radius 3 is 2.88 bits per heavy atom. The van der Waals surface area contributed by atoms with Crippen molar-refractivity contribution in [3.8, 4) is 0 Å². The molecule has 0 spiro atoms. The number of aryl methyl sites for hydroxylation is 1. The van der Waals surface area contributed by atoms with Gasteiger partial charge in [0.15, 0.2) is 0 Å². The smallest absolute Gasteiger partial charge is 0.230 e. The molecule has 4 nitrogen and oxygen atoms in total. The van der Waals surface area contributed by atoms with E-state index < -0.39 is 0 Å². The molecule has 1 atom stereocenters. The summed E-state index contributed by atoms with van der Waals surface area (Å²) in [4.78, 5) is 19.5. The molecule has 1 fully saturated rings. The van der Waals surface area contributed by atoms with Crippen LogP contribution >= 0.6 is 11.8 Å². The number of carbonyl (C=O) groups is 1. The molecular formula is C19H23N3OS. The van der Waals surface area contributed by atoms with Crippen LogP contribution in [0.4, 0.5) is 5.69 Å². The van der Waals surface area contributed by atoms with Crippen molar-refractivity contribution in [2.24, 2.45) is 5.92 Å². The van der Waals surface area contributed by atoms with Crippen LogP contribution < -0.4 is 10.2 Å². The Morgan fingerprint density at radius 2 is 2.08 bits per heavy atom. The Bertz CT molecular complexity index is 677. The quantitative estimate of drug-likeness (QED) is 0.820. The van der Waals surface area contributed by atoms with Crippen molar-refractivity contribution in [1.29, 1.82) is 0 Å². The molecule has 0 aliphatic carbocycles. The third-order valence-electron chi connectivity index (χ3n) is 4.35. The minimum atomic E-state index is 0.103. The molecule has 1 N–H and O–H groups in total. The lowest BCUT2D eigenvalue weighted by Gasteiger charge is -2.21. The number of nitrogens with zero attached hydrogens (tertiary/aromatic N) is 2. The Hall–Kier alpha value is -2.01. The predicted octanol–water partition coefficient (Wildman–Crippen LogP) is 3.12. The molecule has 1 amide bonds. The average molecular weight is 341 g/mol. The van der Waals surface area contributed by atoms with Gasteiger partial charge in [-0.05, 0) is 43.0 Å². The predicted molar refractivity (Wildman–Crippen MR) is 99.5 cm³/mol. The number of thioether (sulfide) groups is 1. The van der Waals surface area contributed by atoms with Crippen molar-refractivity contribution in [2.45, 2.75) is 18.2 Å². The second-order valence-electron chi connectivity index (χ2n) is 6.16. The minimum absolute atomic E-state index is 0.103. The fraction of sp³-hybridized carbons (Fsp3) is 0.368. The lowest BCUT2D eigenvalue weighted by Crippen LogP contribution is -2.32.